The number of aliphatic hydroxyl groups excluding tert-OH is 1. The molecule has 3 aromatic carbocycles. The Kier molecular flexibility index (Phi) is 12.4. The summed E-state index contributed by atoms with van der Waals surface area (Å²) >= 11 is 0. The Morgan fingerprint density at radius 2 is 1.78 bits per heavy atom. The van der Waals surface area contributed by atoms with Crippen molar-refractivity contribution in [2.24, 2.45) is 5.92 Å². The van der Waals surface area contributed by atoms with Crippen molar-refractivity contribution in [1.82, 2.24) is 14.8 Å². The van der Waals surface area contributed by atoms with Crippen LogP contribution in [0.5, 0.6) is 5.75 Å². The van der Waals surface area contributed by atoms with E-state index in [0.717, 1.165) is 35.7 Å². The van der Waals surface area contributed by atoms with E-state index in [4.69, 9.17) is 9.47 Å². The molecule has 4 atom stereocenters. The first-order valence-corrected chi connectivity index (χ1v) is 17.2. The number of hydrogen-bond acceptors (Lipinski definition) is 7. The van der Waals surface area contributed by atoms with Gasteiger partial charge < -0.3 is 35.0 Å². The molecule has 11 nitrogen and oxygen atoms in total. The molecule has 2 heterocycles. The summed E-state index contributed by atoms with van der Waals surface area (Å²) < 4.78 is 12.7. The van der Waals surface area contributed by atoms with E-state index in [-0.39, 0.29) is 55.1 Å². The third-order valence-electron chi connectivity index (χ3n) is 9.08. The number of amides is 4. The monoisotopic (exact) mass is 681 g/mol. The van der Waals surface area contributed by atoms with Gasteiger partial charge >= 0.3 is 6.03 Å². The van der Waals surface area contributed by atoms with Crippen LogP contribution in [0.3, 0.4) is 0 Å². The largest absolute Gasteiger partial charge is 0.490 e. The maximum atomic E-state index is 14.4. The quantitative estimate of drug-likeness (QED) is 0.204. The van der Waals surface area contributed by atoms with Gasteiger partial charge in [-0.15, -0.1) is 0 Å². The maximum absolute atomic E-state index is 14.4. The standard InChI is InChI=1S/C39H47N5O6/c1-26-23-44(27(2)25-45)38(47)33-22-31(41-37(46)30-17-19-40-20-18-30)15-16-35(33)50-28(3)10-7-8-21-49-36(26)24-43(4)39(48)42-34-14-9-12-29-11-5-6-13-32(29)34/h5-6,9,11-20,22,26-28,36,45H,7-8,10,21,23-25H2,1-4H3,(H,41,46)(H,42,48)/t26-,27-,28+,36+/m1/s1. The highest BCUT2D eigenvalue weighted by Gasteiger charge is 2.31. The number of nitrogens with zero attached hydrogens (tertiary/aromatic N) is 3. The first kappa shape index (κ1) is 36.3. The van der Waals surface area contributed by atoms with Crippen molar-refractivity contribution in [3.8, 4) is 5.75 Å². The first-order valence-electron chi connectivity index (χ1n) is 17.2. The van der Waals surface area contributed by atoms with Crippen molar-refractivity contribution in [2.45, 2.75) is 58.3 Å². The van der Waals surface area contributed by atoms with Crippen LogP contribution in [-0.2, 0) is 4.74 Å². The molecule has 0 aliphatic carbocycles. The number of fused-ring (bicyclic) bond motifs is 2. The van der Waals surface area contributed by atoms with E-state index >= 15 is 0 Å². The maximum Gasteiger partial charge on any atom is 0.321 e. The smallest absolute Gasteiger partial charge is 0.321 e. The van der Waals surface area contributed by atoms with Crippen LogP contribution in [0.15, 0.2) is 85.2 Å². The van der Waals surface area contributed by atoms with Gasteiger partial charge in [-0.3, -0.25) is 14.6 Å². The lowest BCUT2D eigenvalue weighted by atomic mass is 10.0. The number of hydrogen-bond donors (Lipinski definition) is 3. The fourth-order valence-electron chi connectivity index (χ4n) is 6.07. The van der Waals surface area contributed by atoms with Gasteiger partial charge in [0.05, 0.1) is 36.1 Å². The van der Waals surface area contributed by atoms with Crippen molar-refractivity contribution in [1.29, 1.82) is 0 Å². The Morgan fingerprint density at radius 3 is 2.56 bits per heavy atom. The molecule has 0 saturated heterocycles. The van der Waals surface area contributed by atoms with Gasteiger partial charge in [-0.25, -0.2) is 4.79 Å². The number of carbonyl (C=O) groups is 3. The molecule has 0 bridgehead atoms. The molecule has 4 amide bonds. The number of aliphatic hydroxyl groups is 1. The predicted molar refractivity (Wildman–Crippen MR) is 195 cm³/mol. The molecule has 0 spiro atoms. The van der Waals surface area contributed by atoms with E-state index < -0.39 is 12.1 Å². The number of carbonyl (C=O) groups excluding carboxylic acids is 3. The molecule has 0 saturated carbocycles. The number of urea groups is 1. The Bertz CT molecular complexity index is 1760. The number of benzene rings is 3. The van der Waals surface area contributed by atoms with Crippen LogP contribution in [0, 0.1) is 5.92 Å². The SMILES string of the molecule is C[C@@H]1CN([C@H](C)CO)C(=O)c2cc(NC(=O)c3ccncc3)ccc2O[C@@H](C)CCCCO[C@H]1CN(C)C(=O)Nc1cccc2ccccc12. The zero-order chi connectivity index (χ0) is 35.6. The number of ether oxygens (including phenoxy) is 2. The highest BCUT2D eigenvalue weighted by Crippen LogP contribution is 2.29. The van der Waals surface area contributed by atoms with E-state index in [0.29, 0.717) is 23.6 Å². The van der Waals surface area contributed by atoms with E-state index in [1.165, 1.54) is 0 Å². The minimum Gasteiger partial charge on any atom is -0.490 e. The normalized spacial score (nSPS) is 19.4. The second-order valence-electron chi connectivity index (χ2n) is 13.0. The van der Waals surface area contributed by atoms with Crippen LogP contribution in [0.25, 0.3) is 10.8 Å². The first-order chi connectivity index (χ1) is 24.1. The van der Waals surface area contributed by atoms with E-state index in [1.807, 2.05) is 56.3 Å². The molecule has 1 aliphatic heterocycles. The molecular formula is C39H47N5O6. The molecule has 3 N–H and O–H groups in total. The number of rotatable bonds is 7. The molecule has 0 fully saturated rings. The Balaban J connectivity index is 1.38. The summed E-state index contributed by atoms with van der Waals surface area (Å²) in [5.41, 5.74) is 1.86. The third-order valence-corrected chi connectivity index (χ3v) is 9.08. The number of nitrogens with one attached hydrogen (secondary N) is 2. The molecule has 4 aromatic rings. The van der Waals surface area contributed by atoms with Gasteiger partial charge in [0.25, 0.3) is 11.8 Å². The summed E-state index contributed by atoms with van der Waals surface area (Å²) in [6, 6.07) is 21.1. The van der Waals surface area contributed by atoms with Crippen molar-refractivity contribution in [2.75, 3.05) is 44.0 Å². The van der Waals surface area contributed by atoms with E-state index in [1.54, 1.807) is 66.5 Å². The fraction of sp³-hybridized carbons (Fsp3) is 0.385. The van der Waals surface area contributed by atoms with Gasteiger partial charge in [0.15, 0.2) is 0 Å². The van der Waals surface area contributed by atoms with E-state index in [2.05, 4.69) is 15.6 Å². The van der Waals surface area contributed by atoms with Crippen LogP contribution in [-0.4, -0.2) is 89.3 Å². The molecule has 1 aliphatic rings. The Hall–Kier alpha value is -5.00. The number of pyridine rings is 1. The van der Waals surface area contributed by atoms with Gasteiger partial charge in [0, 0.05) is 61.7 Å². The minimum absolute atomic E-state index is 0.191. The average Bonchev–Trinajstić information content (AvgIpc) is 3.13. The van der Waals surface area contributed by atoms with Crippen LogP contribution >= 0.6 is 0 Å². The topological polar surface area (TPSA) is 133 Å². The molecule has 0 radical (unpaired) electrons. The summed E-state index contributed by atoms with van der Waals surface area (Å²) in [6.07, 6.45) is 4.87. The molecular weight excluding hydrogens is 634 g/mol. The third kappa shape index (κ3) is 9.16. The number of anilines is 2. The van der Waals surface area contributed by atoms with Crippen molar-refractivity contribution in [3.63, 3.8) is 0 Å². The highest BCUT2D eigenvalue weighted by atomic mass is 16.5. The van der Waals surface area contributed by atoms with Crippen LogP contribution < -0.4 is 15.4 Å². The van der Waals surface area contributed by atoms with Crippen LogP contribution in [0.2, 0.25) is 0 Å². The van der Waals surface area contributed by atoms with Crippen molar-refractivity contribution < 1.29 is 29.0 Å². The molecule has 0 unspecified atom stereocenters. The Labute approximate surface area is 293 Å². The average molecular weight is 682 g/mol. The summed E-state index contributed by atoms with van der Waals surface area (Å²) in [7, 11) is 1.73. The lowest BCUT2D eigenvalue weighted by Gasteiger charge is -2.35. The molecule has 50 heavy (non-hydrogen) atoms. The summed E-state index contributed by atoms with van der Waals surface area (Å²) in [5, 5.41) is 18.2. The Morgan fingerprint density at radius 1 is 1.02 bits per heavy atom. The number of likely N-dealkylation sites (N-methyl/N-ethyl adjacent to an activating group) is 1. The van der Waals surface area contributed by atoms with Gasteiger partial charge in [-0.2, -0.15) is 0 Å². The number of aromatic nitrogens is 1. The second-order valence-corrected chi connectivity index (χ2v) is 13.0. The zero-order valence-electron chi connectivity index (χ0n) is 29.2. The van der Waals surface area contributed by atoms with Crippen molar-refractivity contribution in [3.05, 3.63) is 96.3 Å². The van der Waals surface area contributed by atoms with Crippen LogP contribution in [0.1, 0.15) is 60.7 Å². The molecule has 1 aromatic heterocycles. The van der Waals surface area contributed by atoms with Crippen molar-refractivity contribution >= 4 is 40.0 Å². The fourth-order valence-corrected chi connectivity index (χ4v) is 6.07. The minimum atomic E-state index is -0.536. The summed E-state index contributed by atoms with van der Waals surface area (Å²) in [5.74, 6) is -0.500. The van der Waals surface area contributed by atoms with Gasteiger partial charge in [0.2, 0.25) is 0 Å². The van der Waals surface area contributed by atoms with Gasteiger partial charge in [-0.1, -0.05) is 43.3 Å². The lowest BCUT2D eigenvalue weighted by Crippen LogP contribution is -2.48. The molecule has 264 valence electrons. The summed E-state index contributed by atoms with van der Waals surface area (Å²) in [6.45, 7) is 6.49. The van der Waals surface area contributed by atoms with Gasteiger partial charge in [0.1, 0.15) is 5.75 Å². The van der Waals surface area contributed by atoms with Crippen LogP contribution in [0.4, 0.5) is 16.2 Å². The molecule has 5 rings (SSSR count). The lowest BCUT2D eigenvalue weighted by molar-refractivity contribution is -0.0115. The van der Waals surface area contributed by atoms with Gasteiger partial charge in [-0.05, 0) is 74.9 Å². The highest BCUT2D eigenvalue weighted by molar-refractivity contribution is 6.05. The summed E-state index contributed by atoms with van der Waals surface area (Å²) in [4.78, 5) is 48.0. The predicted octanol–water partition coefficient (Wildman–Crippen LogP) is 6.45. The zero-order valence-corrected chi connectivity index (χ0v) is 29.2. The molecule has 11 heteroatoms. The van der Waals surface area contributed by atoms with E-state index in [9.17, 15) is 19.5 Å². The second kappa shape index (κ2) is 17.1.